The van der Waals surface area contributed by atoms with Crippen LogP contribution in [0.15, 0.2) is 47.4 Å². The van der Waals surface area contributed by atoms with E-state index in [4.69, 9.17) is 0 Å². The van der Waals surface area contributed by atoms with Gasteiger partial charge in [0.15, 0.2) is 0 Å². The fraction of sp³-hybridized carbons (Fsp3) is 0.417. The molecule has 34 heavy (non-hydrogen) atoms. The largest absolute Gasteiger partial charge is 0.340 e. The number of carbonyl (C=O) groups excluding carboxylic acids is 2. The molecule has 0 radical (unpaired) electrons. The first-order chi connectivity index (χ1) is 16.0. The van der Waals surface area contributed by atoms with Crippen LogP contribution in [0.2, 0.25) is 0 Å². The maximum Gasteiger partial charge on any atom is 0.252 e. The Morgan fingerprint density at radius 1 is 1.03 bits per heavy atom. The van der Waals surface area contributed by atoms with Crippen molar-refractivity contribution in [1.29, 1.82) is 0 Å². The molecule has 0 aromatic heterocycles. The number of hydrogen-bond acceptors (Lipinski definition) is 4. The number of benzene rings is 2. The first kappa shape index (κ1) is 25.8. The van der Waals surface area contributed by atoms with Gasteiger partial charge in [0.25, 0.3) is 5.91 Å². The minimum absolute atomic E-state index is 0.0653. The molecule has 2 aromatic carbocycles. The number of nitrogens with one attached hydrogen (secondary N) is 1. The second kappa shape index (κ2) is 10.6. The zero-order chi connectivity index (χ0) is 25.0. The monoisotopic (exact) mass is 493 g/mol. The summed E-state index contributed by atoms with van der Waals surface area (Å²) in [6, 6.07) is 8.60. The number of hydrogen-bond donors (Lipinski definition) is 1. The van der Waals surface area contributed by atoms with Crippen molar-refractivity contribution >= 4 is 21.8 Å². The van der Waals surface area contributed by atoms with Gasteiger partial charge in [-0.3, -0.25) is 9.59 Å². The van der Waals surface area contributed by atoms with Gasteiger partial charge in [0, 0.05) is 31.7 Å². The zero-order valence-corrected chi connectivity index (χ0v) is 20.2. The number of piperazine rings is 1. The van der Waals surface area contributed by atoms with Crippen molar-refractivity contribution in [2.45, 2.75) is 38.1 Å². The maximum absolute atomic E-state index is 14.1. The van der Waals surface area contributed by atoms with Crippen LogP contribution in [0.1, 0.15) is 36.2 Å². The summed E-state index contributed by atoms with van der Waals surface area (Å²) in [5, 5.41) is 2.83. The van der Waals surface area contributed by atoms with Gasteiger partial charge in [0.2, 0.25) is 15.9 Å². The number of nitrogens with zero attached hydrogens (tertiary/aromatic N) is 2. The average molecular weight is 494 g/mol. The van der Waals surface area contributed by atoms with Gasteiger partial charge in [-0.15, -0.1) is 0 Å². The van der Waals surface area contributed by atoms with Crippen LogP contribution in [0.4, 0.5) is 8.78 Å². The van der Waals surface area contributed by atoms with E-state index in [-0.39, 0.29) is 43.9 Å². The quantitative estimate of drug-likeness (QED) is 0.643. The molecule has 1 N–H and O–H groups in total. The summed E-state index contributed by atoms with van der Waals surface area (Å²) in [4.78, 5) is 26.8. The number of halogens is 2. The standard InChI is InChI=1S/C24H29F2N3O4S/c1-16(2)14-21(27-23(30)19-7-5-4-6-17(19)3)24(31)28-10-12-29(13-11-28)34(32,33)22-15-18(25)8-9-20(22)26/h4-9,15-16,21H,10-14H2,1-3H3,(H,27,30). The normalized spacial score (nSPS) is 15.9. The number of amides is 2. The highest BCUT2D eigenvalue weighted by Gasteiger charge is 2.34. The Hall–Kier alpha value is -2.85. The molecule has 1 heterocycles. The molecule has 1 unspecified atom stereocenters. The average Bonchev–Trinajstić information content (AvgIpc) is 2.79. The molecular weight excluding hydrogens is 464 g/mol. The summed E-state index contributed by atoms with van der Waals surface area (Å²) in [6.45, 7) is 5.72. The molecule has 3 rings (SSSR count). The first-order valence-electron chi connectivity index (χ1n) is 11.1. The van der Waals surface area contributed by atoms with E-state index in [1.807, 2.05) is 32.9 Å². The topological polar surface area (TPSA) is 86.8 Å². The highest BCUT2D eigenvalue weighted by molar-refractivity contribution is 7.89. The molecule has 2 amide bonds. The van der Waals surface area contributed by atoms with Gasteiger partial charge in [-0.1, -0.05) is 32.0 Å². The zero-order valence-electron chi connectivity index (χ0n) is 19.4. The smallest absolute Gasteiger partial charge is 0.252 e. The van der Waals surface area contributed by atoms with E-state index in [1.54, 1.807) is 12.1 Å². The highest BCUT2D eigenvalue weighted by atomic mass is 32.2. The van der Waals surface area contributed by atoms with Crippen molar-refractivity contribution in [3.63, 3.8) is 0 Å². The Labute approximate surface area is 198 Å². The minimum Gasteiger partial charge on any atom is -0.340 e. The molecule has 0 aliphatic carbocycles. The molecule has 10 heteroatoms. The summed E-state index contributed by atoms with van der Waals surface area (Å²) in [5.74, 6) is -2.40. The molecule has 184 valence electrons. The fourth-order valence-corrected chi connectivity index (χ4v) is 5.44. The molecular formula is C24H29F2N3O4S. The molecule has 7 nitrogen and oxygen atoms in total. The van der Waals surface area contributed by atoms with E-state index in [1.165, 1.54) is 4.90 Å². The Balaban J connectivity index is 1.70. The number of carbonyl (C=O) groups is 2. The van der Waals surface area contributed by atoms with Gasteiger partial charge < -0.3 is 10.2 Å². The van der Waals surface area contributed by atoms with Crippen LogP contribution in [0, 0.1) is 24.5 Å². The lowest BCUT2D eigenvalue weighted by Gasteiger charge is -2.36. The molecule has 1 saturated heterocycles. The van der Waals surface area contributed by atoms with E-state index >= 15 is 0 Å². The van der Waals surface area contributed by atoms with Crippen molar-refractivity contribution in [1.82, 2.24) is 14.5 Å². The van der Waals surface area contributed by atoms with E-state index in [0.717, 1.165) is 22.0 Å². The maximum atomic E-state index is 14.1. The second-order valence-corrected chi connectivity index (χ2v) is 10.7. The predicted molar refractivity (Wildman–Crippen MR) is 124 cm³/mol. The molecule has 0 saturated carbocycles. The Morgan fingerprint density at radius 2 is 1.68 bits per heavy atom. The summed E-state index contributed by atoms with van der Waals surface area (Å²) in [7, 11) is -4.25. The molecule has 0 spiro atoms. The van der Waals surface area contributed by atoms with E-state index in [2.05, 4.69) is 5.32 Å². The second-order valence-electron chi connectivity index (χ2n) is 8.77. The third-order valence-corrected chi connectivity index (χ3v) is 7.68. The van der Waals surface area contributed by atoms with Crippen LogP contribution in [-0.4, -0.2) is 61.7 Å². The van der Waals surface area contributed by atoms with Crippen LogP contribution in [-0.2, 0) is 14.8 Å². The van der Waals surface area contributed by atoms with E-state index < -0.39 is 32.6 Å². The predicted octanol–water partition coefficient (Wildman–Crippen LogP) is 2.95. The number of aryl methyl sites for hydroxylation is 1. The van der Waals surface area contributed by atoms with Gasteiger partial charge in [0.05, 0.1) is 0 Å². The SMILES string of the molecule is Cc1ccccc1C(=O)NC(CC(C)C)C(=O)N1CCN(S(=O)(=O)c2cc(F)ccc2F)CC1. The number of sulfonamides is 1. The van der Waals surface area contributed by atoms with Crippen LogP contribution >= 0.6 is 0 Å². The summed E-state index contributed by atoms with van der Waals surface area (Å²) < 4.78 is 54.2. The molecule has 2 aromatic rings. The van der Waals surface area contributed by atoms with Crippen molar-refractivity contribution in [2.75, 3.05) is 26.2 Å². The van der Waals surface area contributed by atoms with Crippen molar-refractivity contribution in [2.24, 2.45) is 5.92 Å². The highest BCUT2D eigenvalue weighted by Crippen LogP contribution is 2.22. The van der Waals surface area contributed by atoms with Gasteiger partial charge in [-0.25, -0.2) is 17.2 Å². The molecule has 1 aliphatic heterocycles. The summed E-state index contributed by atoms with van der Waals surface area (Å²) in [6.07, 6.45) is 0.420. The lowest BCUT2D eigenvalue weighted by Crippen LogP contribution is -2.56. The van der Waals surface area contributed by atoms with Gasteiger partial charge in [-0.05, 0) is 49.1 Å². The van der Waals surface area contributed by atoms with Gasteiger partial charge >= 0.3 is 0 Å². The lowest BCUT2D eigenvalue weighted by molar-refractivity contribution is -0.134. The third-order valence-electron chi connectivity index (χ3n) is 5.76. The third kappa shape index (κ3) is 5.79. The minimum atomic E-state index is -4.25. The Bertz CT molecular complexity index is 1160. The van der Waals surface area contributed by atoms with Crippen LogP contribution < -0.4 is 5.32 Å². The van der Waals surface area contributed by atoms with Crippen molar-refractivity contribution < 1.29 is 26.8 Å². The molecule has 1 aliphatic rings. The van der Waals surface area contributed by atoms with Gasteiger partial charge in [-0.2, -0.15) is 4.31 Å². The van der Waals surface area contributed by atoms with Crippen molar-refractivity contribution in [3.05, 3.63) is 65.2 Å². The van der Waals surface area contributed by atoms with Crippen LogP contribution in [0.5, 0.6) is 0 Å². The molecule has 0 bridgehead atoms. The Morgan fingerprint density at radius 3 is 2.29 bits per heavy atom. The van der Waals surface area contributed by atoms with E-state index in [0.29, 0.717) is 18.1 Å². The Kier molecular flexibility index (Phi) is 8.04. The first-order valence-corrected chi connectivity index (χ1v) is 12.5. The van der Waals surface area contributed by atoms with Crippen LogP contribution in [0.25, 0.3) is 0 Å². The lowest BCUT2D eigenvalue weighted by atomic mass is 10.0. The van der Waals surface area contributed by atoms with Crippen molar-refractivity contribution in [3.8, 4) is 0 Å². The van der Waals surface area contributed by atoms with E-state index in [9.17, 15) is 26.8 Å². The molecule has 1 atom stereocenters. The van der Waals surface area contributed by atoms with Crippen LogP contribution in [0.3, 0.4) is 0 Å². The number of rotatable bonds is 7. The molecule has 1 fully saturated rings. The van der Waals surface area contributed by atoms with Gasteiger partial charge in [0.1, 0.15) is 22.6 Å². The summed E-state index contributed by atoms with van der Waals surface area (Å²) in [5.41, 5.74) is 1.27. The summed E-state index contributed by atoms with van der Waals surface area (Å²) >= 11 is 0. The fourth-order valence-electron chi connectivity index (χ4n) is 3.94.